The van der Waals surface area contributed by atoms with Crippen LogP contribution in [0.1, 0.15) is 17.0 Å². The van der Waals surface area contributed by atoms with Gasteiger partial charge in [-0.3, -0.25) is 4.72 Å². The Morgan fingerprint density at radius 2 is 1.94 bits per heavy atom. The van der Waals surface area contributed by atoms with Crippen molar-refractivity contribution >= 4 is 26.7 Å². The van der Waals surface area contributed by atoms with Gasteiger partial charge in [0.05, 0.1) is 38.1 Å². The van der Waals surface area contributed by atoms with Gasteiger partial charge in [0, 0.05) is 12.0 Å². The minimum Gasteiger partial charge on any atom is -0.496 e. The van der Waals surface area contributed by atoms with E-state index in [9.17, 15) is 13.5 Å². The average Bonchev–Trinajstić information content (AvgIpc) is 3.42. The van der Waals surface area contributed by atoms with E-state index < -0.39 is 16.6 Å². The van der Waals surface area contributed by atoms with Crippen molar-refractivity contribution in [2.24, 2.45) is 0 Å². The van der Waals surface area contributed by atoms with E-state index in [-0.39, 0.29) is 21.9 Å². The second kappa shape index (κ2) is 8.32. The molecule has 0 unspecified atom stereocenters. The molecule has 31 heavy (non-hydrogen) atoms. The number of furan rings is 1. The number of methoxy groups -OCH3 is 2. The van der Waals surface area contributed by atoms with Gasteiger partial charge in [0.1, 0.15) is 34.5 Å². The molecule has 4 aromatic rings. The lowest BCUT2D eigenvalue weighted by molar-refractivity contribution is 0.276. The summed E-state index contributed by atoms with van der Waals surface area (Å²) in [5.74, 6) is 1.07. The third-order valence-corrected chi connectivity index (χ3v) is 6.21. The lowest BCUT2D eigenvalue weighted by atomic mass is 10.1. The summed E-state index contributed by atoms with van der Waals surface area (Å²) in [5, 5.41) is 10.1. The van der Waals surface area contributed by atoms with Crippen molar-refractivity contribution in [3.8, 4) is 11.5 Å². The molecular weight excluding hydrogens is 424 g/mol. The number of hydrogen-bond acceptors (Lipinski definition) is 8. The third-order valence-electron chi connectivity index (χ3n) is 4.72. The quantitative estimate of drug-likeness (QED) is 0.424. The van der Waals surface area contributed by atoms with Gasteiger partial charge in [0.25, 0.3) is 10.0 Å². The van der Waals surface area contributed by atoms with E-state index in [0.29, 0.717) is 29.0 Å². The summed E-state index contributed by atoms with van der Waals surface area (Å²) in [4.78, 5) is 3.96. The molecule has 0 amide bonds. The van der Waals surface area contributed by atoms with Gasteiger partial charge in [-0.2, -0.15) is 0 Å². The zero-order valence-corrected chi connectivity index (χ0v) is 17.6. The molecule has 0 aliphatic carbocycles. The van der Waals surface area contributed by atoms with Crippen molar-refractivity contribution in [1.82, 2.24) is 4.98 Å². The van der Waals surface area contributed by atoms with Gasteiger partial charge in [0.2, 0.25) is 0 Å². The summed E-state index contributed by atoms with van der Waals surface area (Å²) in [5.41, 5.74) is 1.66. The summed E-state index contributed by atoms with van der Waals surface area (Å²) in [7, 11) is -1.26. The van der Waals surface area contributed by atoms with Gasteiger partial charge in [0.15, 0.2) is 5.89 Å². The van der Waals surface area contributed by atoms with Gasteiger partial charge >= 0.3 is 0 Å². The number of ether oxygens (including phenoxy) is 2. The second-order valence-corrected chi connectivity index (χ2v) is 8.25. The Bertz CT molecular complexity index is 1290. The smallest absolute Gasteiger partial charge is 0.266 e. The number of benzene rings is 2. The number of anilines is 1. The highest BCUT2D eigenvalue weighted by Gasteiger charge is 2.26. The predicted octanol–water partition coefficient (Wildman–Crippen LogP) is 3.32. The van der Waals surface area contributed by atoms with Crippen LogP contribution in [0.15, 0.2) is 62.8 Å². The van der Waals surface area contributed by atoms with Crippen LogP contribution in [-0.4, -0.2) is 32.7 Å². The first-order valence-corrected chi connectivity index (χ1v) is 10.7. The SMILES string of the molecule is COc1cccc(CO)c1S(=O)(=O)Nc1coc2cc(Cc3ncco3)cc(OC)c12. The van der Waals surface area contributed by atoms with Crippen molar-refractivity contribution in [3.05, 3.63) is 66.1 Å². The van der Waals surface area contributed by atoms with Crippen LogP contribution in [0.2, 0.25) is 0 Å². The first-order valence-electron chi connectivity index (χ1n) is 9.23. The van der Waals surface area contributed by atoms with Gasteiger partial charge in [-0.15, -0.1) is 0 Å². The van der Waals surface area contributed by atoms with Gasteiger partial charge in [-0.05, 0) is 23.8 Å². The molecule has 0 spiro atoms. The summed E-state index contributed by atoms with van der Waals surface area (Å²) in [6, 6.07) is 8.16. The van der Waals surface area contributed by atoms with Crippen molar-refractivity contribution in [2.45, 2.75) is 17.9 Å². The normalized spacial score (nSPS) is 11.6. The maximum absolute atomic E-state index is 13.2. The van der Waals surface area contributed by atoms with Crippen molar-refractivity contribution in [2.75, 3.05) is 18.9 Å². The fourth-order valence-electron chi connectivity index (χ4n) is 3.38. The summed E-state index contributed by atoms with van der Waals surface area (Å²) in [6.45, 7) is -0.465. The van der Waals surface area contributed by atoms with Gasteiger partial charge in [-0.25, -0.2) is 13.4 Å². The lowest BCUT2D eigenvalue weighted by Gasteiger charge is -2.14. The number of oxazole rings is 1. The highest BCUT2D eigenvalue weighted by molar-refractivity contribution is 7.93. The van der Waals surface area contributed by atoms with Crippen LogP contribution < -0.4 is 14.2 Å². The maximum atomic E-state index is 13.2. The molecule has 10 heteroatoms. The minimum atomic E-state index is -4.11. The average molecular weight is 444 g/mol. The Labute approximate surface area is 178 Å². The maximum Gasteiger partial charge on any atom is 0.266 e. The zero-order valence-electron chi connectivity index (χ0n) is 16.8. The number of aliphatic hydroxyl groups is 1. The molecule has 0 atom stereocenters. The minimum absolute atomic E-state index is 0.118. The van der Waals surface area contributed by atoms with E-state index in [0.717, 1.165) is 5.56 Å². The number of rotatable bonds is 8. The Kier molecular flexibility index (Phi) is 5.57. The van der Waals surface area contributed by atoms with E-state index in [1.54, 1.807) is 24.4 Å². The van der Waals surface area contributed by atoms with Crippen LogP contribution in [0.5, 0.6) is 11.5 Å². The molecule has 0 saturated carbocycles. The van der Waals surface area contributed by atoms with Crippen LogP contribution >= 0.6 is 0 Å². The predicted molar refractivity (Wildman–Crippen MR) is 112 cm³/mol. The Balaban J connectivity index is 1.76. The topological polar surface area (TPSA) is 124 Å². The van der Waals surface area contributed by atoms with E-state index >= 15 is 0 Å². The molecule has 0 aliphatic heterocycles. The molecule has 162 valence electrons. The number of fused-ring (bicyclic) bond motifs is 1. The van der Waals surface area contributed by atoms with E-state index in [1.165, 1.54) is 38.9 Å². The van der Waals surface area contributed by atoms with E-state index in [1.807, 2.05) is 0 Å². The van der Waals surface area contributed by atoms with Gasteiger partial charge in [-0.1, -0.05) is 12.1 Å². The molecule has 2 heterocycles. The second-order valence-electron chi connectivity index (χ2n) is 6.64. The zero-order chi connectivity index (χ0) is 22.0. The molecule has 4 rings (SSSR count). The summed E-state index contributed by atoms with van der Waals surface area (Å²) in [6.07, 6.45) is 4.77. The number of hydrogen-bond donors (Lipinski definition) is 2. The van der Waals surface area contributed by atoms with Crippen LogP contribution in [0.25, 0.3) is 11.0 Å². The van der Waals surface area contributed by atoms with E-state index in [4.69, 9.17) is 18.3 Å². The largest absolute Gasteiger partial charge is 0.496 e. The number of nitrogens with zero attached hydrogens (tertiary/aromatic N) is 1. The lowest BCUT2D eigenvalue weighted by Crippen LogP contribution is -2.16. The summed E-state index contributed by atoms with van der Waals surface area (Å²) < 4.78 is 50.4. The summed E-state index contributed by atoms with van der Waals surface area (Å²) >= 11 is 0. The standard InChI is InChI=1S/C21H20N2O7S/c1-27-16-5-3-4-14(11-24)21(16)31(25,26)23-15-12-30-18-9-13(8-17(28-2)20(15)18)10-19-22-6-7-29-19/h3-9,12,23-24H,10-11H2,1-2H3. The fourth-order valence-corrected chi connectivity index (χ4v) is 4.82. The van der Waals surface area contributed by atoms with Crippen LogP contribution in [0, 0.1) is 0 Å². The highest BCUT2D eigenvalue weighted by Crippen LogP contribution is 2.38. The molecule has 2 aromatic carbocycles. The molecular formula is C21H20N2O7S. The molecule has 2 N–H and O–H groups in total. The Morgan fingerprint density at radius 1 is 1.13 bits per heavy atom. The molecule has 0 bridgehead atoms. The Morgan fingerprint density at radius 3 is 2.61 bits per heavy atom. The van der Waals surface area contributed by atoms with Crippen molar-refractivity contribution < 1.29 is 31.8 Å². The molecule has 0 radical (unpaired) electrons. The number of sulfonamides is 1. The van der Waals surface area contributed by atoms with Crippen LogP contribution in [-0.2, 0) is 23.1 Å². The van der Waals surface area contributed by atoms with E-state index in [2.05, 4.69) is 9.71 Å². The van der Waals surface area contributed by atoms with Gasteiger partial charge < -0.3 is 23.4 Å². The van der Waals surface area contributed by atoms with Crippen LogP contribution in [0.3, 0.4) is 0 Å². The van der Waals surface area contributed by atoms with Crippen molar-refractivity contribution in [1.29, 1.82) is 0 Å². The molecule has 0 fully saturated rings. The number of aromatic nitrogens is 1. The Hall–Kier alpha value is -3.50. The first kappa shape index (κ1) is 20.8. The molecule has 9 nitrogen and oxygen atoms in total. The van der Waals surface area contributed by atoms with Crippen LogP contribution in [0.4, 0.5) is 5.69 Å². The monoisotopic (exact) mass is 444 g/mol. The third kappa shape index (κ3) is 3.94. The highest BCUT2D eigenvalue weighted by atomic mass is 32.2. The fraction of sp³-hybridized carbons (Fsp3) is 0.190. The number of aliphatic hydroxyl groups excluding tert-OH is 1. The molecule has 0 saturated heterocycles. The molecule has 0 aliphatic rings. The van der Waals surface area contributed by atoms with Crippen molar-refractivity contribution in [3.63, 3.8) is 0 Å². The number of nitrogens with one attached hydrogen (secondary N) is 1. The molecule has 2 aromatic heterocycles. The first-order chi connectivity index (χ1) is 15.0.